The average Bonchev–Trinajstić information content (AvgIpc) is 2.18. The van der Waals surface area contributed by atoms with E-state index in [1.165, 1.54) is 6.92 Å². The molecule has 0 radical (unpaired) electrons. The first kappa shape index (κ1) is 14.8. The molecule has 3 N–H and O–H groups in total. The average molecular weight is 257 g/mol. The number of nitrogens with one attached hydrogen (secondary N) is 1. The lowest BCUT2D eigenvalue weighted by atomic mass is 10.0. The lowest BCUT2D eigenvalue weighted by molar-refractivity contribution is -0.130. The number of hydrogen-bond donors (Lipinski definition) is 2. The van der Waals surface area contributed by atoms with Crippen LogP contribution in [-0.2, 0) is 9.53 Å². The van der Waals surface area contributed by atoms with Crippen molar-refractivity contribution in [2.75, 3.05) is 13.1 Å². The highest BCUT2D eigenvalue weighted by Gasteiger charge is 2.30. The van der Waals surface area contributed by atoms with E-state index in [1.54, 1.807) is 25.7 Å². The Labute approximate surface area is 108 Å². The van der Waals surface area contributed by atoms with E-state index in [4.69, 9.17) is 10.5 Å². The van der Waals surface area contributed by atoms with E-state index in [1.807, 2.05) is 0 Å². The molecule has 0 unspecified atom stereocenters. The van der Waals surface area contributed by atoms with Gasteiger partial charge in [-0.2, -0.15) is 0 Å². The fraction of sp³-hybridized carbons (Fsp3) is 0.833. The topological polar surface area (TPSA) is 84.7 Å². The second-order valence-electron chi connectivity index (χ2n) is 5.67. The molecule has 0 bridgehead atoms. The zero-order chi connectivity index (χ0) is 13.9. The first-order valence-electron chi connectivity index (χ1n) is 6.19. The molecule has 18 heavy (non-hydrogen) atoms. The van der Waals surface area contributed by atoms with Gasteiger partial charge < -0.3 is 20.7 Å². The summed E-state index contributed by atoms with van der Waals surface area (Å²) >= 11 is 0. The molecule has 0 spiro atoms. The Hall–Kier alpha value is -1.30. The minimum Gasteiger partial charge on any atom is -0.444 e. The van der Waals surface area contributed by atoms with Gasteiger partial charge in [-0.25, -0.2) is 4.79 Å². The Kier molecular flexibility index (Phi) is 4.56. The Balaban J connectivity index is 2.53. The van der Waals surface area contributed by atoms with E-state index in [2.05, 4.69) is 5.32 Å². The normalized spacial score (nSPS) is 24.6. The molecular weight excluding hydrogens is 234 g/mol. The monoisotopic (exact) mass is 257 g/mol. The minimum atomic E-state index is -0.539. The molecule has 1 rings (SSSR count). The summed E-state index contributed by atoms with van der Waals surface area (Å²) in [4.78, 5) is 24.6. The molecule has 1 saturated heterocycles. The molecule has 1 fully saturated rings. The van der Waals surface area contributed by atoms with Crippen molar-refractivity contribution in [1.82, 2.24) is 10.2 Å². The van der Waals surface area contributed by atoms with Crippen LogP contribution < -0.4 is 11.1 Å². The summed E-state index contributed by atoms with van der Waals surface area (Å²) in [7, 11) is 0. The fourth-order valence-corrected chi connectivity index (χ4v) is 1.87. The molecule has 2 amide bonds. The molecule has 6 nitrogen and oxygen atoms in total. The first-order valence-corrected chi connectivity index (χ1v) is 6.19. The van der Waals surface area contributed by atoms with Crippen molar-refractivity contribution in [3.8, 4) is 0 Å². The van der Waals surface area contributed by atoms with Crippen molar-refractivity contribution < 1.29 is 14.3 Å². The highest BCUT2D eigenvalue weighted by Crippen LogP contribution is 2.11. The van der Waals surface area contributed by atoms with Crippen LogP contribution in [0, 0.1) is 0 Å². The molecule has 1 heterocycles. The summed E-state index contributed by atoms with van der Waals surface area (Å²) in [6, 6.07) is -0.398. The van der Waals surface area contributed by atoms with E-state index in [0.717, 1.165) is 0 Å². The number of likely N-dealkylation sites (tertiary alicyclic amines) is 1. The van der Waals surface area contributed by atoms with E-state index in [9.17, 15) is 9.59 Å². The third-order valence-corrected chi connectivity index (χ3v) is 2.81. The van der Waals surface area contributed by atoms with Gasteiger partial charge in [0.25, 0.3) is 0 Å². The van der Waals surface area contributed by atoms with Crippen LogP contribution in [0.25, 0.3) is 0 Å². The summed E-state index contributed by atoms with van der Waals surface area (Å²) in [5, 5.41) is 2.73. The van der Waals surface area contributed by atoms with Crippen LogP contribution >= 0.6 is 0 Å². The van der Waals surface area contributed by atoms with Crippen molar-refractivity contribution >= 4 is 12.0 Å². The maximum Gasteiger partial charge on any atom is 0.407 e. The molecule has 0 aromatic heterocycles. The van der Waals surface area contributed by atoms with Gasteiger partial charge in [-0.15, -0.1) is 0 Å². The summed E-state index contributed by atoms with van der Waals surface area (Å²) in [5.41, 5.74) is 5.41. The van der Waals surface area contributed by atoms with Crippen molar-refractivity contribution in [3.05, 3.63) is 0 Å². The van der Waals surface area contributed by atoms with Crippen LogP contribution in [0.3, 0.4) is 0 Å². The zero-order valence-corrected chi connectivity index (χ0v) is 11.5. The zero-order valence-electron chi connectivity index (χ0n) is 11.5. The second kappa shape index (κ2) is 5.56. The number of rotatable bonds is 1. The molecule has 104 valence electrons. The number of piperidine rings is 1. The van der Waals surface area contributed by atoms with Crippen LogP contribution in [0.15, 0.2) is 0 Å². The number of alkyl carbamates (subject to hydrolysis) is 1. The Morgan fingerprint density at radius 1 is 1.39 bits per heavy atom. The molecule has 0 aromatic carbocycles. The van der Waals surface area contributed by atoms with E-state index >= 15 is 0 Å². The van der Waals surface area contributed by atoms with Crippen molar-refractivity contribution in [1.29, 1.82) is 0 Å². The third kappa shape index (κ3) is 4.52. The number of carbonyl (C=O) groups is 2. The quantitative estimate of drug-likeness (QED) is 0.714. The molecular formula is C12H23N3O3. The molecule has 2 atom stereocenters. The van der Waals surface area contributed by atoms with Crippen LogP contribution in [0.4, 0.5) is 4.79 Å². The maximum atomic E-state index is 11.7. The number of carbonyl (C=O) groups excluding carboxylic acids is 2. The van der Waals surface area contributed by atoms with Gasteiger partial charge in [-0.05, 0) is 27.2 Å². The standard InChI is InChI=1S/C12H23N3O3/c1-8(16)15-6-5-9(13)10(7-15)14-11(17)18-12(2,3)4/h9-10H,5-7,13H2,1-4H3,(H,14,17)/t9-,10-/m1/s1. The Morgan fingerprint density at radius 3 is 2.50 bits per heavy atom. The van der Waals surface area contributed by atoms with Gasteiger partial charge in [-0.3, -0.25) is 4.79 Å². The molecule has 1 aliphatic heterocycles. The van der Waals surface area contributed by atoms with Gasteiger partial charge in [0.15, 0.2) is 0 Å². The number of amides is 2. The Morgan fingerprint density at radius 2 is 2.00 bits per heavy atom. The second-order valence-corrected chi connectivity index (χ2v) is 5.67. The lowest BCUT2D eigenvalue weighted by Crippen LogP contribution is -2.59. The number of hydrogen-bond acceptors (Lipinski definition) is 4. The highest BCUT2D eigenvalue weighted by molar-refractivity contribution is 5.73. The van der Waals surface area contributed by atoms with Crippen molar-refractivity contribution in [3.63, 3.8) is 0 Å². The van der Waals surface area contributed by atoms with Gasteiger partial charge in [0, 0.05) is 26.1 Å². The number of nitrogens with two attached hydrogens (primary N) is 1. The molecule has 0 saturated carbocycles. The third-order valence-electron chi connectivity index (χ3n) is 2.81. The summed E-state index contributed by atoms with van der Waals surface area (Å²) in [6.45, 7) is 8.00. The van der Waals surface area contributed by atoms with Gasteiger partial charge in [0.1, 0.15) is 5.60 Å². The maximum absolute atomic E-state index is 11.7. The molecule has 6 heteroatoms. The number of ether oxygens (including phenoxy) is 1. The predicted octanol–water partition coefficient (Wildman–Crippen LogP) is 0.459. The van der Waals surface area contributed by atoms with Crippen LogP contribution in [-0.4, -0.2) is 47.7 Å². The van der Waals surface area contributed by atoms with E-state index in [0.29, 0.717) is 19.5 Å². The smallest absolute Gasteiger partial charge is 0.407 e. The summed E-state index contributed by atoms with van der Waals surface area (Å²) in [6.07, 6.45) is 0.188. The first-order chi connectivity index (χ1) is 8.19. The van der Waals surface area contributed by atoms with Gasteiger partial charge >= 0.3 is 6.09 Å². The lowest BCUT2D eigenvalue weighted by Gasteiger charge is -2.37. The van der Waals surface area contributed by atoms with Crippen LogP contribution in [0.2, 0.25) is 0 Å². The predicted molar refractivity (Wildman–Crippen MR) is 68.0 cm³/mol. The van der Waals surface area contributed by atoms with E-state index in [-0.39, 0.29) is 18.0 Å². The fourth-order valence-electron chi connectivity index (χ4n) is 1.87. The molecule has 1 aliphatic rings. The van der Waals surface area contributed by atoms with Crippen LogP contribution in [0.1, 0.15) is 34.1 Å². The van der Waals surface area contributed by atoms with Gasteiger partial charge in [0.2, 0.25) is 5.91 Å². The van der Waals surface area contributed by atoms with E-state index < -0.39 is 11.7 Å². The molecule has 0 aromatic rings. The Bertz CT molecular complexity index is 325. The number of nitrogens with zero attached hydrogens (tertiary/aromatic N) is 1. The summed E-state index contributed by atoms with van der Waals surface area (Å²) in [5.74, 6) is -0.00195. The van der Waals surface area contributed by atoms with Crippen molar-refractivity contribution in [2.24, 2.45) is 5.73 Å². The van der Waals surface area contributed by atoms with Crippen molar-refractivity contribution in [2.45, 2.75) is 51.8 Å². The molecule has 0 aliphatic carbocycles. The largest absolute Gasteiger partial charge is 0.444 e. The van der Waals surface area contributed by atoms with Gasteiger partial charge in [0.05, 0.1) is 6.04 Å². The minimum absolute atomic E-state index is 0.00195. The highest BCUT2D eigenvalue weighted by atomic mass is 16.6. The van der Waals surface area contributed by atoms with Gasteiger partial charge in [-0.1, -0.05) is 0 Å². The van der Waals surface area contributed by atoms with Crippen LogP contribution in [0.5, 0.6) is 0 Å². The summed E-state index contributed by atoms with van der Waals surface area (Å²) < 4.78 is 5.18. The SMILES string of the molecule is CC(=O)N1CC[C@@H](N)[C@H](NC(=O)OC(C)(C)C)C1.